The number of aryl methyl sites for hydroxylation is 1. The van der Waals surface area contributed by atoms with Crippen LogP contribution >= 0.6 is 0 Å². The lowest BCUT2D eigenvalue weighted by Gasteiger charge is -2.31. The molecule has 1 N–H and O–H groups in total. The number of nitrogens with one attached hydrogen (secondary N) is 1. The maximum atomic E-state index is 12.5. The van der Waals surface area contributed by atoms with Crippen LogP contribution in [0.4, 0.5) is 0 Å². The van der Waals surface area contributed by atoms with Crippen LogP contribution in [0.1, 0.15) is 59.8 Å². The van der Waals surface area contributed by atoms with Crippen LogP contribution in [0.25, 0.3) is 11.0 Å². The second-order valence-corrected chi connectivity index (χ2v) is 7.94. The summed E-state index contributed by atoms with van der Waals surface area (Å²) in [7, 11) is 0. The molecule has 0 spiro atoms. The number of piperidine rings is 1. The molecule has 3 aromatic rings. The molecule has 0 atom stereocenters. The van der Waals surface area contributed by atoms with E-state index in [1.807, 2.05) is 35.2 Å². The van der Waals surface area contributed by atoms with Crippen LogP contribution in [0.5, 0.6) is 0 Å². The molecule has 0 radical (unpaired) electrons. The van der Waals surface area contributed by atoms with Gasteiger partial charge in [-0.2, -0.15) is 0 Å². The summed E-state index contributed by atoms with van der Waals surface area (Å²) in [6.07, 6.45) is 3.31. The number of carbonyl (C=O) groups is 2. The van der Waals surface area contributed by atoms with Crippen LogP contribution in [0.3, 0.4) is 0 Å². The van der Waals surface area contributed by atoms with Gasteiger partial charge < -0.3 is 9.88 Å². The molecule has 1 fully saturated rings. The first-order valence-corrected chi connectivity index (χ1v) is 10.4. The number of Topliss-reactive ketones (excluding diaryl/α,β-unsaturated/α-hetero) is 1. The Kier molecular flexibility index (Phi) is 5.74. The highest BCUT2D eigenvalue weighted by Crippen LogP contribution is 2.28. The van der Waals surface area contributed by atoms with E-state index in [0.29, 0.717) is 25.2 Å². The molecule has 29 heavy (non-hydrogen) atoms. The number of carbonyl (C=O) groups excluding carboxylic acids is 2. The van der Waals surface area contributed by atoms with Crippen molar-refractivity contribution in [1.29, 1.82) is 0 Å². The molecule has 0 unspecified atom stereocenters. The summed E-state index contributed by atoms with van der Waals surface area (Å²) in [5.74, 6) is 1.67. The molecule has 5 nitrogen and oxygen atoms in total. The number of likely N-dealkylation sites (tertiary alicyclic amines) is 1. The Hall–Kier alpha value is -2.95. The first kappa shape index (κ1) is 19.4. The van der Waals surface area contributed by atoms with Crippen molar-refractivity contribution in [3.63, 3.8) is 0 Å². The first-order chi connectivity index (χ1) is 14.1. The van der Waals surface area contributed by atoms with E-state index in [-0.39, 0.29) is 11.7 Å². The van der Waals surface area contributed by atoms with Crippen molar-refractivity contribution in [2.45, 2.75) is 44.9 Å². The Morgan fingerprint density at radius 1 is 1.07 bits per heavy atom. The van der Waals surface area contributed by atoms with E-state index in [4.69, 9.17) is 4.98 Å². The van der Waals surface area contributed by atoms with Crippen molar-refractivity contribution in [3.8, 4) is 0 Å². The third-order valence-corrected chi connectivity index (χ3v) is 5.78. The van der Waals surface area contributed by atoms with Crippen molar-refractivity contribution in [3.05, 3.63) is 65.5 Å². The number of H-pyrrole nitrogens is 1. The summed E-state index contributed by atoms with van der Waals surface area (Å²) < 4.78 is 0. The zero-order valence-electron chi connectivity index (χ0n) is 16.9. The van der Waals surface area contributed by atoms with Crippen molar-refractivity contribution in [2.24, 2.45) is 0 Å². The average Bonchev–Trinajstić information content (AvgIpc) is 3.17. The number of aromatic nitrogens is 2. The SMILES string of the molecule is Cc1ccc2nc(C3CCN(C(=O)CCCC(=O)c4ccccc4)CC3)[nH]c2c1. The number of benzene rings is 2. The molecule has 1 amide bonds. The van der Waals surface area contributed by atoms with Gasteiger partial charge in [-0.05, 0) is 43.9 Å². The highest BCUT2D eigenvalue weighted by atomic mass is 16.2. The number of nitrogens with zero attached hydrogens (tertiary/aromatic N) is 2. The van der Waals surface area contributed by atoms with Gasteiger partial charge in [0.2, 0.25) is 5.91 Å². The smallest absolute Gasteiger partial charge is 0.222 e. The van der Waals surface area contributed by atoms with E-state index in [0.717, 1.165) is 48.4 Å². The average molecular weight is 389 g/mol. The highest BCUT2D eigenvalue weighted by Gasteiger charge is 2.25. The van der Waals surface area contributed by atoms with E-state index < -0.39 is 0 Å². The Labute approximate surface area is 171 Å². The molecule has 0 saturated carbocycles. The van der Waals surface area contributed by atoms with Gasteiger partial charge in [-0.1, -0.05) is 36.4 Å². The number of ketones is 1. The summed E-state index contributed by atoms with van der Waals surface area (Å²) in [6.45, 7) is 3.59. The van der Waals surface area contributed by atoms with Gasteiger partial charge in [-0.15, -0.1) is 0 Å². The highest BCUT2D eigenvalue weighted by molar-refractivity contribution is 5.96. The number of rotatable bonds is 6. The molecule has 2 heterocycles. The van der Waals surface area contributed by atoms with Crippen LogP contribution in [-0.4, -0.2) is 39.6 Å². The van der Waals surface area contributed by atoms with E-state index in [1.54, 1.807) is 0 Å². The van der Waals surface area contributed by atoms with E-state index >= 15 is 0 Å². The predicted molar refractivity (Wildman–Crippen MR) is 114 cm³/mol. The molecule has 1 aliphatic heterocycles. The molecule has 0 bridgehead atoms. The molecule has 1 saturated heterocycles. The lowest BCUT2D eigenvalue weighted by Crippen LogP contribution is -2.38. The third kappa shape index (κ3) is 4.56. The van der Waals surface area contributed by atoms with Gasteiger partial charge in [0.05, 0.1) is 11.0 Å². The van der Waals surface area contributed by atoms with Gasteiger partial charge in [0.15, 0.2) is 5.78 Å². The van der Waals surface area contributed by atoms with Crippen molar-refractivity contribution >= 4 is 22.7 Å². The molecule has 1 aromatic heterocycles. The van der Waals surface area contributed by atoms with Crippen LogP contribution in [0, 0.1) is 6.92 Å². The molecular formula is C24H27N3O2. The number of fused-ring (bicyclic) bond motifs is 1. The summed E-state index contributed by atoms with van der Waals surface area (Å²) in [5.41, 5.74) is 4.04. The van der Waals surface area contributed by atoms with Crippen LogP contribution in [-0.2, 0) is 4.79 Å². The van der Waals surface area contributed by atoms with Crippen LogP contribution in [0.2, 0.25) is 0 Å². The monoisotopic (exact) mass is 389 g/mol. The second-order valence-electron chi connectivity index (χ2n) is 7.94. The maximum absolute atomic E-state index is 12.5. The number of imidazole rings is 1. The van der Waals surface area contributed by atoms with Gasteiger partial charge in [0.1, 0.15) is 5.82 Å². The van der Waals surface area contributed by atoms with E-state index in [9.17, 15) is 9.59 Å². The van der Waals surface area contributed by atoms with Gasteiger partial charge in [0, 0.05) is 37.4 Å². The quantitative estimate of drug-likeness (QED) is 0.625. The molecule has 5 heteroatoms. The molecule has 1 aliphatic rings. The summed E-state index contributed by atoms with van der Waals surface area (Å²) in [5, 5.41) is 0. The number of hydrogen-bond donors (Lipinski definition) is 1. The summed E-state index contributed by atoms with van der Waals surface area (Å²) >= 11 is 0. The second kappa shape index (κ2) is 8.60. The Morgan fingerprint density at radius 2 is 1.83 bits per heavy atom. The minimum atomic E-state index is 0.109. The Morgan fingerprint density at radius 3 is 2.59 bits per heavy atom. The number of aromatic amines is 1. The summed E-state index contributed by atoms with van der Waals surface area (Å²) in [6, 6.07) is 15.5. The van der Waals surface area contributed by atoms with Gasteiger partial charge in [0.25, 0.3) is 0 Å². The van der Waals surface area contributed by atoms with Gasteiger partial charge in [-0.3, -0.25) is 9.59 Å². The Balaban J connectivity index is 1.25. The topological polar surface area (TPSA) is 66.1 Å². The normalized spacial score (nSPS) is 15.0. The van der Waals surface area contributed by atoms with Crippen molar-refractivity contribution in [1.82, 2.24) is 14.9 Å². The fourth-order valence-electron chi connectivity index (χ4n) is 4.07. The largest absolute Gasteiger partial charge is 0.343 e. The lowest BCUT2D eigenvalue weighted by molar-refractivity contribution is -0.132. The van der Waals surface area contributed by atoms with Crippen LogP contribution < -0.4 is 0 Å². The molecule has 0 aliphatic carbocycles. The minimum absolute atomic E-state index is 0.109. The first-order valence-electron chi connectivity index (χ1n) is 10.4. The zero-order chi connectivity index (χ0) is 20.2. The zero-order valence-corrected chi connectivity index (χ0v) is 16.9. The standard InChI is InChI=1S/C24H27N3O2/c1-17-10-11-20-21(16-17)26-24(25-20)19-12-14-27(15-13-19)23(29)9-5-8-22(28)18-6-3-2-4-7-18/h2-4,6-7,10-11,16,19H,5,8-9,12-15H2,1H3,(H,25,26). The van der Waals surface area contributed by atoms with Crippen LogP contribution in [0.15, 0.2) is 48.5 Å². The fourth-order valence-corrected chi connectivity index (χ4v) is 4.07. The molecule has 2 aromatic carbocycles. The van der Waals surface area contributed by atoms with Crippen molar-refractivity contribution < 1.29 is 9.59 Å². The van der Waals surface area contributed by atoms with Gasteiger partial charge >= 0.3 is 0 Å². The molecular weight excluding hydrogens is 362 g/mol. The minimum Gasteiger partial charge on any atom is -0.343 e. The fraction of sp³-hybridized carbons (Fsp3) is 0.375. The molecule has 4 rings (SSSR count). The summed E-state index contributed by atoms with van der Waals surface area (Å²) in [4.78, 5) is 34.8. The van der Waals surface area contributed by atoms with E-state index in [2.05, 4.69) is 30.1 Å². The van der Waals surface area contributed by atoms with Gasteiger partial charge in [-0.25, -0.2) is 4.98 Å². The predicted octanol–water partition coefficient (Wildman–Crippen LogP) is 4.63. The Bertz CT molecular complexity index is 1000. The van der Waals surface area contributed by atoms with E-state index in [1.165, 1.54) is 5.56 Å². The van der Waals surface area contributed by atoms with Crippen molar-refractivity contribution in [2.75, 3.05) is 13.1 Å². The third-order valence-electron chi connectivity index (χ3n) is 5.78. The lowest BCUT2D eigenvalue weighted by atomic mass is 9.95. The molecule has 150 valence electrons. The number of amides is 1. The maximum Gasteiger partial charge on any atom is 0.222 e. The number of hydrogen-bond acceptors (Lipinski definition) is 3.